The number of piperidine rings is 1. The number of amides is 1. The number of rotatable bonds is 7. The van der Waals surface area contributed by atoms with Crippen LogP contribution in [0.15, 0.2) is 16.5 Å². The van der Waals surface area contributed by atoms with E-state index in [9.17, 15) is 14.7 Å². The summed E-state index contributed by atoms with van der Waals surface area (Å²) in [6.45, 7) is 1.23. The number of carboxylic acid groups (broad SMARTS) is 1. The van der Waals surface area contributed by atoms with Gasteiger partial charge >= 0.3 is 5.97 Å². The molecule has 1 atom stereocenters. The van der Waals surface area contributed by atoms with Crippen LogP contribution in [0.2, 0.25) is 0 Å². The van der Waals surface area contributed by atoms with E-state index in [-0.39, 0.29) is 24.2 Å². The lowest BCUT2D eigenvalue weighted by atomic mass is 9.76. The first-order chi connectivity index (χ1) is 11.0. The minimum Gasteiger partial charge on any atom is -0.481 e. The van der Waals surface area contributed by atoms with Crippen LogP contribution >= 0.6 is 0 Å². The predicted molar refractivity (Wildman–Crippen MR) is 81.6 cm³/mol. The van der Waals surface area contributed by atoms with Crippen LogP contribution in [-0.4, -0.2) is 55.8 Å². The zero-order valence-corrected chi connectivity index (χ0v) is 13.5. The zero-order chi connectivity index (χ0) is 16.9. The molecule has 1 aliphatic heterocycles. The number of hydrogen-bond donors (Lipinski definition) is 1. The summed E-state index contributed by atoms with van der Waals surface area (Å²) in [5, 5.41) is 9.68. The van der Waals surface area contributed by atoms with Gasteiger partial charge < -0.3 is 23.9 Å². The standard InChI is InChI=1S/C16H23NO6/c1-21-10-4-8-16(15(19)20)7-3-9-17(11-16)14(18)12-5-6-13(22-2)23-12/h5-6H,3-4,7-11H2,1-2H3,(H,19,20). The molecule has 2 heterocycles. The van der Waals surface area contributed by atoms with Gasteiger partial charge in [-0.1, -0.05) is 0 Å². The molecule has 0 saturated carbocycles. The molecule has 0 aromatic carbocycles. The first-order valence-electron chi connectivity index (χ1n) is 7.68. The summed E-state index contributed by atoms with van der Waals surface area (Å²) in [5.41, 5.74) is -0.914. The molecule has 128 valence electrons. The Labute approximate surface area is 135 Å². The lowest BCUT2D eigenvalue weighted by Gasteiger charge is -2.39. The molecular formula is C16H23NO6. The second-order valence-corrected chi connectivity index (χ2v) is 5.83. The fourth-order valence-corrected chi connectivity index (χ4v) is 3.05. The Balaban J connectivity index is 2.10. The van der Waals surface area contributed by atoms with E-state index in [4.69, 9.17) is 13.9 Å². The molecular weight excluding hydrogens is 302 g/mol. The fraction of sp³-hybridized carbons (Fsp3) is 0.625. The summed E-state index contributed by atoms with van der Waals surface area (Å²) in [6.07, 6.45) is 2.36. The number of hydrogen-bond acceptors (Lipinski definition) is 5. The third kappa shape index (κ3) is 3.85. The van der Waals surface area contributed by atoms with Crippen molar-refractivity contribution >= 4 is 11.9 Å². The van der Waals surface area contributed by atoms with Gasteiger partial charge in [0.05, 0.1) is 12.5 Å². The molecule has 1 aromatic heterocycles. The highest BCUT2D eigenvalue weighted by Crippen LogP contribution is 2.36. The van der Waals surface area contributed by atoms with Gasteiger partial charge in [0.2, 0.25) is 0 Å². The molecule has 1 aromatic rings. The number of carbonyl (C=O) groups is 2. The molecule has 2 rings (SSSR count). The number of ether oxygens (including phenoxy) is 2. The minimum absolute atomic E-state index is 0.167. The number of carboxylic acids is 1. The molecule has 0 radical (unpaired) electrons. The van der Waals surface area contributed by atoms with E-state index in [1.165, 1.54) is 7.11 Å². The lowest BCUT2D eigenvalue weighted by molar-refractivity contribution is -0.152. The van der Waals surface area contributed by atoms with Crippen molar-refractivity contribution < 1.29 is 28.6 Å². The third-order valence-electron chi connectivity index (χ3n) is 4.31. The van der Waals surface area contributed by atoms with E-state index in [1.807, 2.05) is 0 Å². The van der Waals surface area contributed by atoms with Crippen molar-refractivity contribution in [3.05, 3.63) is 17.9 Å². The summed E-state index contributed by atoms with van der Waals surface area (Å²) in [4.78, 5) is 25.9. The predicted octanol–water partition coefficient (Wildman–Crippen LogP) is 2.02. The number of likely N-dealkylation sites (tertiary alicyclic amines) is 1. The van der Waals surface area contributed by atoms with Gasteiger partial charge in [-0.2, -0.15) is 0 Å². The molecule has 0 aliphatic carbocycles. The zero-order valence-electron chi connectivity index (χ0n) is 13.5. The van der Waals surface area contributed by atoms with Gasteiger partial charge in [0.25, 0.3) is 11.9 Å². The van der Waals surface area contributed by atoms with Crippen molar-refractivity contribution in [1.82, 2.24) is 4.90 Å². The number of aliphatic carboxylic acids is 1. The summed E-state index contributed by atoms with van der Waals surface area (Å²) in [7, 11) is 3.05. The van der Waals surface area contributed by atoms with Crippen LogP contribution in [0, 0.1) is 5.41 Å². The molecule has 1 N–H and O–H groups in total. The highest BCUT2D eigenvalue weighted by molar-refractivity contribution is 5.92. The molecule has 1 aliphatic rings. The Morgan fingerprint density at radius 3 is 2.78 bits per heavy atom. The molecule has 0 bridgehead atoms. The topological polar surface area (TPSA) is 89.2 Å². The Morgan fingerprint density at radius 1 is 1.39 bits per heavy atom. The van der Waals surface area contributed by atoms with Gasteiger partial charge in [-0.05, 0) is 31.7 Å². The molecule has 0 spiro atoms. The molecule has 23 heavy (non-hydrogen) atoms. The van der Waals surface area contributed by atoms with Gasteiger partial charge in [-0.3, -0.25) is 9.59 Å². The molecule has 1 fully saturated rings. The van der Waals surface area contributed by atoms with E-state index < -0.39 is 11.4 Å². The summed E-state index contributed by atoms with van der Waals surface area (Å²) < 4.78 is 15.2. The number of carbonyl (C=O) groups excluding carboxylic acids is 1. The maximum Gasteiger partial charge on any atom is 0.311 e. The second kappa shape index (κ2) is 7.50. The van der Waals surface area contributed by atoms with Gasteiger partial charge in [0.15, 0.2) is 5.76 Å². The minimum atomic E-state index is -0.914. The van der Waals surface area contributed by atoms with E-state index in [0.29, 0.717) is 38.8 Å². The first-order valence-corrected chi connectivity index (χ1v) is 7.68. The highest BCUT2D eigenvalue weighted by Gasteiger charge is 2.43. The average molecular weight is 325 g/mol. The first kappa shape index (κ1) is 17.3. The lowest BCUT2D eigenvalue weighted by Crippen LogP contribution is -2.50. The average Bonchev–Trinajstić information content (AvgIpc) is 3.03. The van der Waals surface area contributed by atoms with E-state index >= 15 is 0 Å². The van der Waals surface area contributed by atoms with Crippen molar-refractivity contribution in [1.29, 1.82) is 0 Å². The van der Waals surface area contributed by atoms with Crippen LogP contribution in [0.3, 0.4) is 0 Å². The number of nitrogens with zero attached hydrogens (tertiary/aromatic N) is 1. The van der Waals surface area contributed by atoms with Crippen LogP contribution in [-0.2, 0) is 9.53 Å². The molecule has 1 saturated heterocycles. The van der Waals surface area contributed by atoms with Crippen molar-refractivity contribution in [3.8, 4) is 5.95 Å². The molecule has 1 unspecified atom stereocenters. The summed E-state index contributed by atoms with van der Waals surface area (Å²) >= 11 is 0. The molecule has 7 heteroatoms. The van der Waals surface area contributed by atoms with Gasteiger partial charge in [0, 0.05) is 32.9 Å². The van der Waals surface area contributed by atoms with Gasteiger partial charge in [-0.15, -0.1) is 0 Å². The van der Waals surface area contributed by atoms with Crippen LogP contribution < -0.4 is 4.74 Å². The van der Waals surface area contributed by atoms with Crippen molar-refractivity contribution in [2.75, 3.05) is 33.9 Å². The number of furan rings is 1. The smallest absolute Gasteiger partial charge is 0.311 e. The van der Waals surface area contributed by atoms with Crippen molar-refractivity contribution in [2.24, 2.45) is 5.41 Å². The van der Waals surface area contributed by atoms with Crippen LogP contribution in [0.4, 0.5) is 0 Å². The molecule has 7 nitrogen and oxygen atoms in total. The molecule has 1 amide bonds. The van der Waals surface area contributed by atoms with E-state index in [1.54, 1.807) is 24.1 Å². The quantitative estimate of drug-likeness (QED) is 0.772. The van der Waals surface area contributed by atoms with Crippen LogP contribution in [0.5, 0.6) is 5.95 Å². The Hall–Kier alpha value is -2.02. The normalized spacial score (nSPS) is 21.2. The van der Waals surface area contributed by atoms with Gasteiger partial charge in [0.1, 0.15) is 0 Å². The van der Waals surface area contributed by atoms with Crippen LogP contribution in [0.1, 0.15) is 36.2 Å². The highest BCUT2D eigenvalue weighted by atomic mass is 16.6. The Bertz CT molecular complexity index is 555. The summed E-state index contributed by atoms with van der Waals surface area (Å²) in [5.74, 6) is -0.733. The fourth-order valence-electron chi connectivity index (χ4n) is 3.05. The number of methoxy groups -OCH3 is 2. The largest absolute Gasteiger partial charge is 0.481 e. The van der Waals surface area contributed by atoms with Crippen molar-refractivity contribution in [3.63, 3.8) is 0 Å². The second-order valence-electron chi connectivity index (χ2n) is 5.83. The van der Waals surface area contributed by atoms with Crippen LogP contribution in [0.25, 0.3) is 0 Å². The maximum atomic E-state index is 12.5. The van der Waals surface area contributed by atoms with E-state index in [2.05, 4.69) is 0 Å². The maximum absolute atomic E-state index is 12.5. The van der Waals surface area contributed by atoms with E-state index in [0.717, 1.165) is 0 Å². The summed E-state index contributed by atoms with van der Waals surface area (Å²) in [6, 6.07) is 3.11. The monoisotopic (exact) mass is 325 g/mol. The van der Waals surface area contributed by atoms with Gasteiger partial charge in [-0.25, -0.2) is 0 Å². The van der Waals surface area contributed by atoms with Crippen molar-refractivity contribution in [2.45, 2.75) is 25.7 Å². The SMILES string of the molecule is COCCCC1(C(=O)O)CCCN(C(=O)c2ccc(OC)o2)C1. The Kier molecular flexibility index (Phi) is 5.65. The Morgan fingerprint density at radius 2 is 2.17 bits per heavy atom. The third-order valence-corrected chi connectivity index (χ3v) is 4.31.